The lowest BCUT2D eigenvalue weighted by molar-refractivity contribution is -0.0286. The van der Waals surface area contributed by atoms with E-state index in [9.17, 15) is 8.78 Å². The smallest absolute Gasteiger partial charge is 0.276 e. The molecular weight excluding hydrogens is 232 g/mol. The highest BCUT2D eigenvalue weighted by Gasteiger charge is 2.47. The minimum atomic E-state index is -2.63. The summed E-state index contributed by atoms with van der Waals surface area (Å²) in [5.74, 6) is -3.06. The summed E-state index contributed by atoms with van der Waals surface area (Å²) in [5.41, 5.74) is 1.22. The predicted molar refractivity (Wildman–Crippen MR) is 67.7 cm³/mol. The van der Waals surface area contributed by atoms with E-state index in [-0.39, 0.29) is 11.6 Å². The zero-order chi connectivity index (χ0) is 12.6. The molecule has 1 heterocycles. The summed E-state index contributed by atoms with van der Waals surface area (Å²) in [4.78, 5) is 0. The maximum absolute atomic E-state index is 14.1. The van der Waals surface area contributed by atoms with E-state index >= 15 is 0 Å². The van der Waals surface area contributed by atoms with Gasteiger partial charge in [0, 0.05) is 17.5 Å². The van der Waals surface area contributed by atoms with Gasteiger partial charge in [0.2, 0.25) is 0 Å². The number of nitrogens with one attached hydrogen (secondary N) is 1. The molecule has 1 aromatic rings. The average Bonchev–Trinajstić information content (AvgIpc) is 3.25. The van der Waals surface area contributed by atoms with Crippen molar-refractivity contribution in [1.82, 2.24) is 5.32 Å². The number of halogens is 2. The first-order chi connectivity index (χ1) is 8.68. The van der Waals surface area contributed by atoms with Crippen molar-refractivity contribution >= 4 is 0 Å². The Morgan fingerprint density at radius 2 is 1.94 bits per heavy atom. The molecule has 3 heteroatoms. The van der Waals surface area contributed by atoms with E-state index in [4.69, 9.17) is 0 Å². The zero-order valence-corrected chi connectivity index (χ0v) is 10.5. The summed E-state index contributed by atoms with van der Waals surface area (Å²) < 4.78 is 28.1. The quantitative estimate of drug-likeness (QED) is 0.856. The van der Waals surface area contributed by atoms with Crippen LogP contribution in [0.3, 0.4) is 0 Å². The van der Waals surface area contributed by atoms with Crippen molar-refractivity contribution in [3.05, 3.63) is 35.4 Å². The van der Waals surface area contributed by atoms with Crippen molar-refractivity contribution in [2.75, 3.05) is 6.54 Å². The first kappa shape index (κ1) is 12.1. The van der Waals surface area contributed by atoms with Gasteiger partial charge in [0.1, 0.15) is 0 Å². The van der Waals surface area contributed by atoms with Crippen molar-refractivity contribution in [2.24, 2.45) is 5.92 Å². The van der Waals surface area contributed by atoms with Crippen LogP contribution in [-0.4, -0.2) is 6.54 Å². The van der Waals surface area contributed by atoms with E-state index in [2.05, 4.69) is 5.32 Å². The van der Waals surface area contributed by atoms with Crippen LogP contribution < -0.4 is 5.32 Å². The van der Waals surface area contributed by atoms with Crippen LogP contribution in [0.15, 0.2) is 24.3 Å². The average molecular weight is 251 g/mol. The highest BCUT2D eigenvalue weighted by molar-refractivity contribution is 5.30. The molecule has 1 saturated heterocycles. The Labute approximate surface area is 107 Å². The number of rotatable bonds is 3. The zero-order valence-electron chi connectivity index (χ0n) is 10.5. The van der Waals surface area contributed by atoms with E-state index in [1.807, 2.05) is 6.07 Å². The molecule has 0 bridgehead atoms. The van der Waals surface area contributed by atoms with Crippen molar-refractivity contribution < 1.29 is 8.78 Å². The van der Waals surface area contributed by atoms with E-state index in [1.54, 1.807) is 18.2 Å². The number of benzene rings is 1. The Bertz CT molecular complexity index is 420. The van der Waals surface area contributed by atoms with Gasteiger partial charge in [0.15, 0.2) is 0 Å². The van der Waals surface area contributed by atoms with Crippen LogP contribution in [0.1, 0.15) is 49.3 Å². The van der Waals surface area contributed by atoms with Gasteiger partial charge in [-0.05, 0) is 43.9 Å². The molecule has 98 valence electrons. The molecule has 0 aromatic heterocycles. The van der Waals surface area contributed by atoms with Crippen LogP contribution in [0.5, 0.6) is 0 Å². The summed E-state index contributed by atoms with van der Waals surface area (Å²) in [7, 11) is 0. The van der Waals surface area contributed by atoms with Gasteiger partial charge in [-0.2, -0.15) is 0 Å². The molecule has 3 rings (SSSR count). The van der Waals surface area contributed by atoms with Gasteiger partial charge >= 0.3 is 0 Å². The van der Waals surface area contributed by atoms with Crippen molar-refractivity contribution in [3.8, 4) is 0 Å². The van der Waals surface area contributed by atoms with Gasteiger partial charge < -0.3 is 5.32 Å². The standard InChI is InChI=1S/C15H19F2N/c16-15(17,12-7-8-12)13-5-3-4-11(10-13)14-6-1-2-9-18-14/h3-5,10,12,14,18H,1-2,6-9H2. The van der Waals surface area contributed by atoms with Crippen LogP contribution in [0, 0.1) is 5.92 Å². The van der Waals surface area contributed by atoms with E-state index < -0.39 is 11.8 Å². The van der Waals surface area contributed by atoms with E-state index in [0.717, 1.165) is 18.5 Å². The Hall–Kier alpha value is -0.960. The summed E-state index contributed by atoms with van der Waals surface area (Å²) >= 11 is 0. The van der Waals surface area contributed by atoms with Crippen LogP contribution in [-0.2, 0) is 5.92 Å². The molecule has 0 spiro atoms. The fraction of sp³-hybridized carbons (Fsp3) is 0.600. The summed E-state index contributed by atoms with van der Waals surface area (Å²) in [6, 6.07) is 7.28. The molecule has 1 aromatic carbocycles. The molecule has 1 aliphatic carbocycles. The fourth-order valence-electron chi connectivity index (χ4n) is 2.78. The molecule has 1 saturated carbocycles. The second-order valence-corrected chi connectivity index (χ2v) is 5.53. The molecule has 1 N–H and O–H groups in total. The maximum Gasteiger partial charge on any atom is 0.276 e. The molecular formula is C15H19F2N. The van der Waals surface area contributed by atoms with E-state index in [0.29, 0.717) is 12.8 Å². The summed E-state index contributed by atoms with van der Waals surface area (Å²) in [6.07, 6.45) is 4.76. The SMILES string of the molecule is FC(F)(c1cccc(C2CCCCN2)c1)C1CC1. The van der Waals surface area contributed by atoms with Crippen LogP contribution in [0.4, 0.5) is 8.78 Å². The first-order valence-corrected chi connectivity index (χ1v) is 6.89. The maximum atomic E-state index is 14.1. The highest BCUT2D eigenvalue weighted by atomic mass is 19.3. The largest absolute Gasteiger partial charge is 0.310 e. The fourth-order valence-corrected chi connectivity index (χ4v) is 2.78. The van der Waals surface area contributed by atoms with Crippen LogP contribution in [0.2, 0.25) is 0 Å². The van der Waals surface area contributed by atoms with Gasteiger partial charge in [-0.15, -0.1) is 0 Å². The minimum absolute atomic E-state index is 0.204. The van der Waals surface area contributed by atoms with Crippen LogP contribution in [0.25, 0.3) is 0 Å². The summed E-state index contributed by atoms with van der Waals surface area (Å²) in [6.45, 7) is 0.994. The normalized spacial score (nSPS) is 25.1. The number of hydrogen-bond donors (Lipinski definition) is 1. The lowest BCUT2D eigenvalue weighted by Crippen LogP contribution is -2.27. The van der Waals surface area contributed by atoms with Crippen molar-refractivity contribution in [3.63, 3.8) is 0 Å². The molecule has 1 unspecified atom stereocenters. The topological polar surface area (TPSA) is 12.0 Å². The molecule has 2 fully saturated rings. The van der Waals surface area contributed by atoms with Gasteiger partial charge in [0.05, 0.1) is 0 Å². The summed E-state index contributed by atoms with van der Waals surface area (Å²) in [5, 5.41) is 3.41. The monoisotopic (exact) mass is 251 g/mol. The number of piperidine rings is 1. The first-order valence-electron chi connectivity index (χ1n) is 6.89. The van der Waals surface area contributed by atoms with E-state index in [1.165, 1.54) is 12.8 Å². The van der Waals surface area contributed by atoms with Gasteiger partial charge in [-0.3, -0.25) is 0 Å². The molecule has 0 amide bonds. The second kappa shape index (κ2) is 4.61. The van der Waals surface area contributed by atoms with Crippen molar-refractivity contribution in [1.29, 1.82) is 0 Å². The third-order valence-corrected chi connectivity index (χ3v) is 4.07. The third kappa shape index (κ3) is 2.28. The van der Waals surface area contributed by atoms with Crippen LogP contribution >= 0.6 is 0 Å². The Balaban J connectivity index is 1.84. The highest BCUT2D eigenvalue weighted by Crippen LogP contribution is 2.49. The van der Waals surface area contributed by atoms with Gasteiger partial charge in [-0.1, -0.05) is 24.6 Å². The second-order valence-electron chi connectivity index (χ2n) is 5.53. The van der Waals surface area contributed by atoms with Gasteiger partial charge in [0.25, 0.3) is 5.92 Å². The molecule has 0 radical (unpaired) electrons. The Kier molecular flexibility index (Phi) is 3.10. The molecule has 1 atom stereocenters. The Morgan fingerprint density at radius 3 is 2.61 bits per heavy atom. The number of hydrogen-bond acceptors (Lipinski definition) is 1. The molecule has 18 heavy (non-hydrogen) atoms. The number of alkyl halides is 2. The lowest BCUT2D eigenvalue weighted by atomic mass is 9.94. The minimum Gasteiger partial charge on any atom is -0.310 e. The lowest BCUT2D eigenvalue weighted by Gasteiger charge is -2.25. The predicted octanol–water partition coefficient (Wildman–Crippen LogP) is 4.00. The van der Waals surface area contributed by atoms with Gasteiger partial charge in [-0.25, -0.2) is 8.78 Å². The molecule has 2 aliphatic rings. The molecule has 1 nitrogen and oxygen atoms in total. The Morgan fingerprint density at radius 1 is 1.11 bits per heavy atom. The molecule has 1 aliphatic heterocycles. The van der Waals surface area contributed by atoms with Crippen molar-refractivity contribution in [2.45, 2.75) is 44.1 Å². The third-order valence-electron chi connectivity index (χ3n) is 4.07.